The number of ether oxygens (including phenoxy) is 1. The van der Waals surface area contributed by atoms with E-state index in [0.717, 1.165) is 43.2 Å². The third-order valence-corrected chi connectivity index (χ3v) is 5.40. The van der Waals surface area contributed by atoms with Crippen molar-refractivity contribution in [2.75, 3.05) is 19.7 Å². The second-order valence-corrected chi connectivity index (χ2v) is 8.15. The number of benzene rings is 2. The number of hydrogen-bond acceptors (Lipinski definition) is 3. The maximum atomic E-state index is 12.6. The van der Waals surface area contributed by atoms with Gasteiger partial charge in [0.1, 0.15) is 12.4 Å². The van der Waals surface area contributed by atoms with Crippen LogP contribution >= 0.6 is 11.6 Å². The molecule has 1 N–H and O–H groups in total. The Hall–Kier alpha value is -2.04. The van der Waals surface area contributed by atoms with E-state index in [9.17, 15) is 4.79 Å². The molecule has 0 aromatic heterocycles. The van der Waals surface area contributed by atoms with Gasteiger partial charge in [0, 0.05) is 17.5 Å². The predicted molar refractivity (Wildman–Crippen MR) is 114 cm³/mol. The van der Waals surface area contributed by atoms with Crippen LogP contribution in [0, 0.1) is 12.8 Å². The quantitative estimate of drug-likeness (QED) is 0.746. The molecule has 5 heteroatoms. The third kappa shape index (κ3) is 6.25. The van der Waals surface area contributed by atoms with Crippen molar-refractivity contribution < 1.29 is 9.53 Å². The summed E-state index contributed by atoms with van der Waals surface area (Å²) in [5.41, 5.74) is 2.42. The highest BCUT2D eigenvalue weighted by atomic mass is 35.5. The molecule has 1 atom stereocenters. The van der Waals surface area contributed by atoms with Gasteiger partial charge in [-0.25, -0.2) is 0 Å². The Morgan fingerprint density at radius 1 is 1.21 bits per heavy atom. The van der Waals surface area contributed by atoms with Crippen LogP contribution in [0.3, 0.4) is 0 Å². The Bertz CT molecular complexity index is 770. The van der Waals surface area contributed by atoms with E-state index in [1.54, 1.807) is 0 Å². The van der Waals surface area contributed by atoms with Crippen molar-refractivity contribution in [3.05, 3.63) is 64.7 Å². The molecule has 1 amide bonds. The Morgan fingerprint density at radius 3 is 2.61 bits per heavy atom. The Labute approximate surface area is 172 Å². The van der Waals surface area contributed by atoms with E-state index >= 15 is 0 Å². The van der Waals surface area contributed by atoms with Gasteiger partial charge in [-0.2, -0.15) is 0 Å². The maximum absolute atomic E-state index is 12.6. The minimum Gasteiger partial charge on any atom is -0.491 e. The maximum Gasteiger partial charge on any atom is 0.223 e. The van der Waals surface area contributed by atoms with Crippen LogP contribution in [0.2, 0.25) is 5.02 Å². The number of halogens is 1. The molecule has 0 spiro atoms. The molecule has 2 aromatic rings. The van der Waals surface area contributed by atoms with Crippen molar-refractivity contribution in [3.8, 4) is 5.75 Å². The molecule has 0 radical (unpaired) electrons. The molecule has 4 nitrogen and oxygen atoms in total. The molecule has 2 aromatic carbocycles. The van der Waals surface area contributed by atoms with Gasteiger partial charge in [-0.3, -0.25) is 9.69 Å². The SMILES string of the molecule is Cc1ccc(OCC(C)NC(=O)C2CCN(Cc3cccc(Cl)c3)CC2)cc1. The molecule has 0 bridgehead atoms. The average molecular weight is 401 g/mol. The van der Waals surface area contributed by atoms with Gasteiger partial charge in [0.2, 0.25) is 5.91 Å². The van der Waals surface area contributed by atoms with Crippen LogP contribution < -0.4 is 10.1 Å². The van der Waals surface area contributed by atoms with Crippen LogP contribution in [0.5, 0.6) is 5.75 Å². The number of carbonyl (C=O) groups excluding carboxylic acids is 1. The highest BCUT2D eigenvalue weighted by Crippen LogP contribution is 2.20. The first kappa shape index (κ1) is 20.7. The minimum absolute atomic E-state index is 0.0155. The minimum atomic E-state index is -0.0155. The van der Waals surface area contributed by atoms with E-state index in [0.29, 0.717) is 6.61 Å². The van der Waals surface area contributed by atoms with Crippen LogP contribution in [-0.2, 0) is 11.3 Å². The monoisotopic (exact) mass is 400 g/mol. The number of likely N-dealkylation sites (tertiary alicyclic amines) is 1. The summed E-state index contributed by atoms with van der Waals surface area (Å²) < 4.78 is 5.77. The van der Waals surface area contributed by atoms with E-state index in [-0.39, 0.29) is 17.9 Å². The summed E-state index contributed by atoms with van der Waals surface area (Å²) in [6.45, 7) is 7.25. The third-order valence-electron chi connectivity index (χ3n) is 5.16. The lowest BCUT2D eigenvalue weighted by Gasteiger charge is -2.32. The number of aryl methyl sites for hydroxylation is 1. The highest BCUT2D eigenvalue weighted by Gasteiger charge is 2.25. The van der Waals surface area contributed by atoms with E-state index in [1.165, 1.54) is 11.1 Å². The van der Waals surface area contributed by atoms with Gasteiger partial charge >= 0.3 is 0 Å². The fourth-order valence-electron chi connectivity index (χ4n) is 3.50. The molecule has 28 heavy (non-hydrogen) atoms. The molecule has 150 valence electrons. The molecule has 0 saturated carbocycles. The summed E-state index contributed by atoms with van der Waals surface area (Å²) in [5.74, 6) is 1.06. The second-order valence-electron chi connectivity index (χ2n) is 7.71. The van der Waals surface area contributed by atoms with Gasteiger partial charge in [-0.15, -0.1) is 0 Å². The number of hydrogen-bond donors (Lipinski definition) is 1. The van der Waals surface area contributed by atoms with Crippen molar-refractivity contribution >= 4 is 17.5 Å². The number of carbonyl (C=O) groups is 1. The van der Waals surface area contributed by atoms with Crippen molar-refractivity contribution in [2.24, 2.45) is 5.92 Å². The Morgan fingerprint density at radius 2 is 1.93 bits per heavy atom. The zero-order valence-corrected chi connectivity index (χ0v) is 17.4. The lowest BCUT2D eigenvalue weighted by molar-refractivity contribution is -0.127. The molecule has 1 aliphatic rings. The molecule has 1 saturated heterocycles. The first-order valence-corrected chi connectivity index (χ1v) is 10.3. The standard InChI is InChI=1S/C23H29ClN2O2/c1-17-6-8-22(9-7-17)28-16-18(2)25-23(27)20-10-12-26(13-11-20)15-19-4-3-5-21(24)14-19/h3-9,14,18,20H,10-13,15-16H2,1-2H3,(H,25,27). The molecule has 0 aliphatic carbocycles. The first-order chi connectivity index (χ1) is 13.5. The highest BCUT2D eigenvalue weighted by molar-refractivity contribution is 6.30. The molecule has 1 fully saturated rings. The largest absolute Gasteiger partial charge is 0.491 e. The van der Waals surface area contributed by atoms with Crippen LogP contribution in [0.4, 0.5) is 0 Å². The van der Waals surface area contributed by atoms with Crippen molar-refractivity contribution in [2.45, 2.75) is 39.3 Å². The summed E-state index contributed by atoms with van der Waals surface area (Å²) in [6, 6.07) is 15.9. The number of piperidine rings is 1. The lowest BCUT2D eigenvalue weighted by atomic mass is 9.95. The van der Waals surface area contributed by atoms with Gasteiger partial charge in [0.15, 0.2) is 0 Å². The van der Waals surface area contributed by atoms with Crippen molar-refractivity contribution in [1.29, 1.82) is 0 Å². The van der Waals surface area contributed by atoms with Gasteiger partial charge in [0.25, 0.3) is 0 Å². The van der Waals surface area contributed by atoms with E-state index < -0.39 is 0 Å². The van der Waals surface area contributed by atoms with Crippen molar-refractivity contribution in [1.82, 2.24) is 10.2 Å². The second kappa shape index (κ2) is 9.94. The lowest BCUT2D eigenvalue weighted by Crippen LogP contribution is -2.44. The number of nitrogens with one attached hydrogen (secondary N) is 1. The predicted octanol–water partition coefficient (Wildman–Crippen LogP) is 4.44. The molecule has 3 rings (SSSR count). The first-order valence-electron chi connectivity index (χ1n) is 9.96. The number of amides is 1. The number of rotatable bonds is 7. The molecule has 1 unspecified atom stereocenters. The van der Waals surface area contributed by atoms with Crippen LogP contribution in [0.1, 0.15) is 30.9 Å². The van der Waals surface area contributed by atoms with Gasteiger partial charge < -0.3 is 10.1 Å². The van der Waals surface area contributed by atoms with Gasteiger partial charge in [-0.1, -0.05) is 41.4 Å². The summed E-state index contributed by atoms with van der Waals surface area (Å²) in [7, 11) is 0. The zero-order valence-electron chi connectivity index (χ0n) is 16.7. The van der Waals surface area contributed by atoms with Gasteiger partial charge in [-0.05, 0) is 69.6 Å². The van der Waals surface area contributed by atoms with E-state index in [4.69, 9.17) is 16.3 Å². The zero-order chi connectivity index (χ0) is 19.9. The van der Waals surface area contributed by atoms with Crippen molar-refractivity contribution in [3.63, 3.8) is 0 Å². The summed E-state index contributed by atoms with van der Waals surface area (Å²) in [5, 5.41) is 3.88. The average Bonchev–Trinajstić information content (AvgIpc) is 2.68. The smallest absolute Gasteiger partial charge is 0.223 e. The Balaban J connectivity index is 1.38. The van der Waals surface area contributed by atoms with E-state index in [2.05, 4.69) is 16.3 Å². The topological polar surface area (TPSA) is 41.6 Å². The van der Waals surface area contributed by atoms with Crippen LogP contribution in [0.15, 0.2) is 48.5 Å². The summed E-state index contributed by atoms with van der Waals surface area (Å²) in [4.78, 5) is 15.0. The fraction of sp³-hybridized carbons (Fsp3) is 0.435. The summed E-state index contributed by atoms with van der Waals surface area (Å²) >= 11 is 6.07. The normalized spacial score (nSPS) is 16.5. The van der Waals surface area contributed by atoms with Gasteiger partial charge in [0.05, 0.1) is 6.04 Å². The summed E-state index contributed by atoms with van der Waals surface area (Å²) in [6.07, 6.45) is 1.77. The van der Waals surface area contributed by atoms with Crippen LogP contribution in [-0.4, -0.2) is 36.5 Å². The number of nitrogens with zero attached hydrogens (tertiary/aromatic N) is 1. The fourth-order valence-corrected chi connectivity index (χ4v) is 3.72. The molecular formula is C23H29ClN2O2. The van der Waals surface area contributed by atoms with E-state index in [1.807, 2.05) is 56.3 Å². The molecular weight excluding hydrogens is 372 g/mol. The molecule has 1 heterocycles. The molecule has 1 aliphatic heterocycles. The van der Waals surface area contributed by atoms with Crippen LogP contribution in [0.25, 0.3) is 0 Å². The Kier molecular flexibility index (Phi) is 7.35.